The molecule has 4 rings (SSSR count). The number of benzene rings is 2. The molecule has 0 aromatic heterocycles. The number of thioether (sulfide) groups is 2. The molecule has 176 valence electrons. The van der Waals surface area contributed by atoms with Crippen LogP contribution >= 0.6 is 55.4 Å². The van der Waals surface area contributed by atoms with E-state index in [1.165, 1.54) is 18.1 Å². The van der Waals surface area contributed by atoms with Crippen molar-refractivity contribution in [3.63, 3.8) is 0 Å². The lowest BCUT2D eigenvalue weighted by Gasteiger charge is -2.30. The summed E-state index contributed by atoms with van der Waals surface area (Å²) in [5.74, 6) is 1.93. The average molecular weight is 612 g/mol. The van der Waals surface area contributed by atoms with Crippen molar-refractivity contribution in [3.05, 3.63) is 68.6 Å². The van der Waals surface area contributed by atoms with Gasteiger partial charge in [-0.25, -0.2) is 0 Å². The molecule has 3 N–H and O–H groups in total. The van der Waals surface area contributed by atoms with Crippen LogP contribution in [0.5, 0.6) is 0 Å². The largest absolute Gasteiger partial charge is 0.379 e. The van der Waals surface area contributed by atoms with Gasteiger partial charge in [0.15, 0.2) is 10.3 Å². The average Bonchev–Trinajstić information content (AvgIpc) is 2.74. The first kappa shape index (κ1) is 26.3. The van der Waals surface area contributed by atoms with Gasteiger partial charge >= 0.3 is 0 Å². The van der Waals surface area contributed by atoms with Crippen molar-refractivity contribution in [1.29, 1.82) is 0 Å². The maximum Gasteiger partial charge on any atom is 0.222 e. The normalized spacial score (nSPS) is 24.6. The second-order valence-electron chi connectivity index (χ2n) is 8.31. The molecule has 0 saturated heterocycles. The summed E-state index contributed by atoms with van der Waals surface area (Å²) in [6.07, 6.45) is 2.01. The Kier molecular flexibility index (Phi) is 9.11. The molecule has 2 heterocycles. The van der Waals surface area contributed by atoms with E-state index in [1.807, 2.05) is 24.3 Å². The molecular weight excluding hydrogens is 584 g/mol. The number of carbonyl (C=O) groups excluding carboxylic acids is 1. The summed E-state index contributed by atoms with van der Waals surface area (Å²) in [6.45, 7) is 5.76. The number of amidine groups is 2. The zero-order valence-corrected chi connectivity index (χ0v) is 23.7. The Labute approximate surface area is 221 Å². The predicted octanol–water partition coefficient (Wildman–Crippen LogP) is 6.41. The van der Waals surface area contributed by atoms with Crippen molar-refractivity contribution < 1.29 is 4.79 Å². The molecule has 0 radical (unpaired) electrons. The first-order valence-corrected chi connectivity index (χ1v) is 14.2. The first-order chi connectivity index (χ1) is 15.6. The molecule has 0 bridgehead atoms. The summed E-state index contributed by atoms with van der Waals surface area (Å²) in [5, 5.41) is 4.20. The zero-order valence-electron chi connectivity index (χ0n) is 18.9. The molecular formula is C24H28Br2N4OS2. The Hall–Kier alpha value is -1.29. The van der Waals surface area contributed by atoms with Crippen LogP contribution < -0.4 is 11.1 Å². The van der Waals surface area contributed by atoms with Crippen LogP contribution in [0, 0.1) is 0 Å². The van der Waals surface area contributed by atoms with Crippen LogP contribution in [0.25, 0.3) is 0 Å². The van der Waals surface area contributed by atoms with Crippen molar-refractivity contribution in [1.82, 2.24) is 5.32 Å². The van der Waals surface area contributed by atoms with Crippen molar-refractivity contribution in [2.75, 3.05) is 11.5 Å². The van der Waals surface area contributed by atoms with Gasteiger partial charge in [0, 0.05) is 27.4 Å². The summed E-state index contributed by atoms with van der Waals surface area (Å²) in [6, 6.07) is 16.5. The molecule has 0 fully saturated rings. The Morgan fingerprint density at radius 3 is 1.94 bits per heavy atom. The number of amides is 1. The SMILES string of the molecule is CC(=O)NC1=N[C@](C)(c2cccc(Br)c2)CCS1.CC1(c2cccc(Br)c2)CCSC(N)=N1. The molecule has 5 nitrogen and oxygen atoms in total. The Balaban J connectivity index is 0.000000189. The fraction of sp³-hybridized carbons (Fsp3) is 0.375. The van der Waals surface area contributed by atoms with Crippen LogP contribution in [0.3, 0.4) is 0 Å². The summed E-state index contributed by atoms with van der Waals surface area (Å²) < 4.78 is 2.14. The van der Waals surface area contributed by atoms with E-state index in [0.717, 1.165) is 38.5 Å². The van der Waals surface area contributed by atoms with Crippen LogP contribution in [0.15, 0.2) is 67.5 Å². The van der Waals surface area contributed by atoms with E-state index in [2.05, 4.69) is 80.3 Å². The minimum atomic E-state index is -0.257. The van der Waals surface area contributed by atoms with Gasteiger partial charge in [-0.15, -0.1) is 0 Å². The van der Waals surface area contributed by atoms with E-state index >= 15 is 0 Å². The highest BCUT2D eigenvalue weighted by Crippen LogP contribution is 2.37. The molecule has 2 atom stereocenters. The lowest BCUT2D eigenvalue weighted by Crippen LogP contribution is -2.34. The Morgan fingerprint density at radius 2 is 1.45 bits per heavy atom. The lowest BCUT2D eigenvalue weighted by atomic mass is 9.90. The molecule has 1 amide bonds. The van der Waals surface area contributed by atoms with Crippen LogP contribution in [0.2, 0.25) is 0 Å². The minimum Gasteiger partial charge on any atom is -0.379 e. The van der Waals surface area contributed by atoms with Gasteiger partial charge in [0.05, 0.1) is 11.1 Å². The van der Waals surface area contributed by atoms with E-state index in [1.54, 1.807) is 23.5 Å². The molecule has 0 saturated carbocycles. The van der Waals surface area contributed by atoms with Crippen molar-refractivity contribution in [3.8, 4) is 0 Å². The van der Waals surface area contributed by atoms with Gasteiger partial charge in [-0.3, -0.25) is 14.8 Å². The summed E-state index contributed by atoms with van der Waals surface area (Å²) in [4.78, 5) is 20.4. The topological polar surface area (TPSA) is 79.8 Å². The van der Waals surface area contributed by atoms with Gasteiger partial charge < -0.3 is 11.1 Å². The maximum atomic E-state index is 11.1. The molecule has 9 heteroatoms. The number of halogens is 2. The smallest absolute Gasteiger partial charge is 0.222 e. The molecule has 0 spiro atoms. The first-order valence-electron chi connectivity index (χ1n) is 10.6. The van der Waals surface area contributed by atoms with Crippen molar-refractivity contribution >= 4 is 71.6 Å². The molecule has 2 aliphatic rings. The third kappa shape index (κ3) is 7.34. The third-order valence-corrected chi connectivity index (χ3v) is 8.20. The quantitative estimate of drug-likeness (QED) is 0.411. The van der Waals surface area contributed by atoms with E-state index in [4.69, 9.17) is 10.7 Å². The predicted molar refractivity (Wildman–Crippen MR) is 150 cm³/mol. The fourth-order valence-electron chi connectivity index (χ4n) is 3.62. The number of rotatable bonds is 2. The van der Waals surface area contributed by atoms with Crippen LogP contribution in [-0.4, -0.2) is 27.7 Å². The van der Waals surface area contributed by atoms with E-state index in [0.29, 0.717) is 5.17 Å². The molecule has 1 unspecified atom stereocenters. The van der Waals surface area contributed by atoms with Gasteiger partial charge in [0.2, 0.25) is 5.91 Å². The van der Waals surface area contributed by atoms with Crippen molar-refractivity contribution in [2.45, 2.75) is 44.7 Å². The van der Waals surface area contributed by atoms with Crippen molar-refractivity contribution in [2.24, 2.45) is 15.7 Å². The monoisotopic (exact) mass is 610 g/mol. The second kappa shape index (κ2) is 11.4. The van der Waals surface area contributed by atoms with Gasteiger partial charge in [-0.2, -0.15) is 0 Å². The van der Waals surface area contributed by atoms with E-state index < -0.39 is 0 Å². The summed E-state index contributed by atoms with van der Waals surface area (Å²) >= 11 is 10.2. The highest BCUT2D eigenvalue weighted by Gasteiger charge is 2.31. The highest BCUT2D eigenvalue weighted by molar-refractivity contribution is 9.10. The fourth-order valence-corrected chi connectivity index (χ4v) is 6.57. The van der Waals surface area contributed by atoms with Crippen LogP contribution in [-0.2, 0) is 15.9 Å². The number of nitrogens with zero attached hydrogens (tertiary/aromatic N) is 2. The van der Waals surface area contributed by atoms with Crippen LogP contribution in [0.4, 0.5) is 0 Å². The molecule has 2 aromatic rings. The summed E-state index contributed by atoms with van der Waals surface area (Å²) in [5.41, 5.74) is 7.77. The van der Waals surface area contributed by atoms with Gasteiger partial charge in [0.1, 0.15) is 0 Å². The molecule has 33 heavy (non-hydrogen) atoms. The Bertz CT molecular complexity index is 1080. The molecule has 2 aliphatic heterocycles. The zero-order chi connectivity index (χ0) is 24.1. The van der Waals surface area contributed by atoms with Crippen LogP contribution in [0.1, 0.15) is 44.7 Å². The minimum absolute atomic E-state index is 0.0697. The number of aliphatic imine (C=N–C) groups is 2. The lowest BCUT2D eigenvalue weighted by molar-refractivity contribution is -0.117. The number of hydrogen-bond acceptors (Lipinski definition) is 6. The number of nitrogens with one attached hydrogen (secondary N) is 1. The van der Waals surface area contributed by atoms with Gasteiger partial charge in [-0.05, 0) is 62.1 Å². The highest BCUT2D eigenvalue weighted by atomic mass is 79.9. The molecule has 0 aliphatic carbocycles. The standard InChI is InChI=1S/C13H15BrN2OS.C11H13BrN2S/c1-9(17)15-12-16-13(2,6-7-18-12)10-4-3-5-11(14)8-10;1-11(5-6-15-10(13)14-11)8-3-2-4-9(12)7-8/h3-5,8H,6-7H2,1-2H3,(H,15,16,17);2-4,7H,5-6H2,1H3,(H2,13,14)/t13-;/m0./s1. The Morgan fingerprint density at radius 1 is 0.939 bits per heavy atom. The van der Waals surface area contributed by atoms with Gasteiger partial charge in [-0.1, -0.05) is 79.6 Å². The maximum absolute atomic E-state index is 11.1. The second-order valence-corrected chi connectivity index (χ2v) is 12.3. The van der Waals surface area contributed by atoms with E-state index in [9.17, 15) is 4.79 Å². The van der Waals surface area contributed by atoms with Gasteiger partial charge in [0.25, 0.3) is 0 Å². The third-order valence-electron chi connectivity index (χ3n) is 5.55. The number of carbonyl (C=O) groups is 1. The molecule has 2 aromatic carbocycles. The summed E-state index contributed by atoms with van der Waals surface area (Å²) in [7, 11) is 0. The van der Waals surface area contributed by atoms with E-state index in [-0.39, 0.29) is 17.0 Å². The number of hydrogen-bond donors (Lipinski definition) is 2. The number of nitrogens with two attached hydrogens (primary N) is 1.